The number of H-pyrrole nitrogens is 1. The standard InChI is InChI=1S/C18H24N2O/c1-13-4-2-3-5-16(13)20-18(21)9-7-14-6-8-17-15(12-14)10-11-19-17/h6,8,10-13,16,19H,2-5,7,9H2,1H3,(H,20,21)/t13-,16+/m1/s1. The van der Waals surface area contributed by atoms with Crippen LogP contribution >= 0.6 is 0 Å². The third-order valence-electron chi connectivity index (χ3n) is 4.72. The van der Waals surface area contributed by atoms with Crippen molar-refractivity contribution in [1.29, 1.82) is 0 Å². The molecule has 0 aliphatic heterocycles. The predicted molar refractivity (Wildman–Crippen MR) is 86.2 cm³/mol. The fraction of sp³-hybridized carbons (Fsp3) is 0.500. The number of carbonyl (C=O) groups is 1. The number of fused-ring (bicyclic) bond motifs is 1. The molecule has 0 bridgehead atoms. The van der Waals surface area contributed by atoms with Gasteiger partial charge in [-0.25, -0.2) is 0 Å². The molecule has 0 unspecified atom stereocenters. The second kappa shape index (κ2) is 6.33. The molecule has 2 atom stereocenters. The average Bonchev–Trinajstić information content (AvgIpc) is 2.95. The molecule has 1 aliphatic carbocycles. The average molecular weight is 284 g/mol. The number of hydrogen-bond acceptors (Lipinski definition) is 1. The molecule has 1 aromatic heterocycles. The van der Waals surface area contributed by atoms with E-state index >= 15 is 0 Å². The minimum atomic E-state index is 0.197. The zero-order valence-corrected chi connectivity index (χ0v) is 12.7. The number of benzene rings is 1. The summed E-state index contributed by atoms with van der Waals surface area (Å²) in [5.41, 5.74) is 2.38. The second-order valence-electron chi connectivity index (χ2n) is 6.34. The van der Waals surface area contributed by atoms with E-state index < -0.39 is 0 Å². The highest BCUT2D eigenvalue weighted by atomic mass is 16.1. The Morgan fingerprint density at radius 1 is 1.29 bits per heavy atom. The molecule has 1 aliphatic rings. The molecular formula is C18H24N2O. The minimum absolute atomic E-state index is 0.197. The zero-order valence-electron chi connectivity index (χ0n) is 12.7. The van der Waals surface area contributed by atoms with Gasteiger partial charge in [0.1, 0.15) is 0 Å². The van der Waals surface area contributed by atoms with Crippen LogP contribution in [-0.2, 0) is 11.2 Å². The van der Waals surface area contributed by atoms with Crippen molar-refractivity contribution in [1.82, 2.24) is 10.3 Å². The van der Waals surface area contributed by atoms with Gasteiger partial charge in [0.05, 0.1) is 0 Å². The predicted octanol–water partition coefficient (Wildman–Crippen LogP) is 3.80. The minimum Gasteiger partial charge on any atom is -0.361 e. The Labute approximate surface area is 126 Å². The van der Waals surface area contributed by atoms with Gasteiger partial charge < -0.3 is 10.3 Å². The molecule has 1 fully saturated rings. The van der Waals surface area contributed by atoms with Gasteiger partial charge in [-0.05, 0) is 54.3 Å². The molecule has 3 heteroatoms. The Morgan fingerprint density at radius 2 is 2.14 bits per heavy atom. The van der Waals surface area contributed by atoms with Gasteiger partial charge in [0, 0.05) is 24.2 Å². The first kappa shape index (κ1) is 14.2. The lowest BCUT2D eigenvalue weighted by atomic mass is 9.86. The quantitative estimate of drug-likeness (QED) is 0.881. The molecule has 1 amide bonds. The van der Waals surface area contributed by atoms with Crippen molar-refractivity contribution in [2.45, 2.75) is 51.5 Å². The van der Waals surface area contributed by atoms with Gasteiger partial charge in [-0.3, -0.25) is 4.79 Å². The van der Waals surface area contributed by atoms with Crippen LogP contribution < -0.4 is 5.32 Å². The van der Waals surface area contributed by atoms with Gasteiger partial charge in [0.2, 0.25) is 5.91 Å². The summed E-state index contributed by atoms with van der Waals surface area (Å²) < 4.78 is 0. The maximum atomic E-state index is 12.1. The molecule has 3 rings (SSSR count). The largest absolute Gasteiger partial charge is 0.361 e. The van der Waals surface area contributed by atoms with Crippen LogP contribution in [0.2, 0.25) is 0 Å². The maximum absolute atomic E-state index is 12.1. The highest BCUT2D eigenvalue weighted by Gasteiger charge is 2.22. The van der Waals surface area contributed by atoms with Crippen molar-refractivity contribution in [3.8, 4) is 0 Å². The van der Waals surface area contributed by atoms with Crippen LogP contribution in [0, 0.1) is 5.92 Å². The Bertz CT molecular complexity index is 616. The number of aromatic amines is 1. The Balaban J connectivity index is 1.53. The highest BCUT2D eigenvalue weighted by molar-refractivity contribution is 5.80. The Hall–Kier alpha value is -1.77. The van der Waals surface area contributed by atoms with E-state index in [1.165, 1.54) is 30.2 Å². The van der Waals surface area contributed by atoms with E-state index in [4.69, 9.17) is 0 Å². The maximum Gasteiger partial charge on any atom is 0.220 e. The number of aromatic nitrogens is 1. The SMILES string of the molecule is C[C@@H]1CCCC[C@@H]1NC(=O)CCc1ccc2[nH]ccc2c1. The van der Waals surface area contributed by atoms with Crippen molar-refractivity contribution in [2.24, 2.45) is 5.92 Å². The van der Waals surface area contributed by atoms with Crippen molar-refractivity contribution in [3.05, 3.63) is 36.0 Å². The van der Waals surface area contributed by atoms with Crippen LogP contribution in [0.4, 0.5) is 0 Å². The molecule has 21 heavy (non-hydrogen) atoms. The molecule has 1 saturated carbocycles. The van der Waals surface area contributed by atoms with Crippen LogP contribution in [0.1, 0.15) is 44.6 Å². The molecule has 2 aromatic rings. The van der Waals surface area contributed by atoms with Crippen molar-refractivity contribution in [3.63, 3.8) is 0 Å². The van der Waals surface area contributed by atoms with Gasteiger partial charge in [-0.2, -0.15) is 0 Å². The van der Waals surface area contributed by atoms with Gasteiger partial charge in [-0.1, -0.05) is 25.8 Å². The third kappa shape index (κ3) is 3.46. The number of hydrogen-bond donors (Lipinski definition) is 2. The molecular weight excluding hydrogens is 260 g/mol. The van der Waals surface area contributed by atoms with Gasteiger partial charge in [0.15, 0.2) is 0 Å². The highest BCUT2D eigenvalue weighted by Crippen LogP contribution is 2.23. The van der Waals surface area contributed by atoms with E-state index in [0.717, 1.165) is 18.4 Å². The van der Waals surface area contributed by atoms with Gasteiger partial charge in [-0.15, -0.1) is 0 Å². The lowest BCUT2D eigenvalue weighted by Crippen LogP contribution is -2.41. The smallest absolute Gasteiger partial charge is 0.220 e. The van der Waals surface area contributed by atoms with Crippen LogP contribution in [0.3, 0.4) is 0 Å². The van der Waals surface area contributed by atoms with Crippen molar-refractivity contribution < 1.29 is 4.79 Å². The summed E-state index contributed by atoms with van der Waals surface area (Å²) in [4.78, 5) is 15.3. The molecule has 0 radical (unpaired) electrons. The van der Waals surface area contributed by atoms with E-state index in [2.05, 4.69) is 41.5 Å². The van der Waals surface area contributed by atoms with Crippen LogP contribution in [0.15, 0.2) is 30.5 Å². The normalized spacial score (nSPS) is 22.3. The summed E-state index contributed by atoms with van der Waals surface area (Å²) in [5, 5.41) is 4.44. The summed E-state index contributed by atoms with van der Waals surface area (Å²) in [7, 11) is 0. The Morgan fingerprint density at radius 3 is 3.00 bits per heavy atom. The number of aryl methyl sites for hydroxylation is 1. The van der Waals surface area contributed by atoms with Crippen molar-refractivity contribution >= 4 is 16.8 Å². The van der Waals surface area contributed by atoms with Gasteiger partial charge >= 0.3 is 0 Å². The van der Waals surface area contributed by atoms with E-state index in [9.17, 15) is 4.79 Å². The fourth-order valence-corrected chi connectivity index (χ4v) is 3.33. The summed E-state index contributed by atoms with van der Waals surface area (Å²) in [5.74, 6) is 0.821. The first-order valence-electron chi connectivity index (χ1n) is 8.08. The Kier molecular flexibility index (Phi) is 4.28. The zero-order chi connectivity index (χ0) is 14.7. The van der Waals surface area contributed by atoms with Gasteiger partial charge in [0.25, 0.3) is 0 Å². The molecule has 0 saturated heterocycles. The molecule has 3 nitrogen and oxygen atoms in total. The molecule has 1 heterocycles. The molecule has 112 valence electrons. The molecule has 1 aromatic carbocycles. The first-order chi connectivity index (χ1) is 10.2. The third-order valence-corrected chi connectivity index (χ3v) is 4.72. The number of rotatable bonds is 4. The van der Waals surface area contributed by atoms with Crippen molar-refractivity contribution in [2.75, 3.05) is 0 Å². The number of carbonyl (C=O) groups excluding carboxylic acids is 1. The van der Waals surface area contributed by atoms with Crippen LogP contribution in [-0.4, -0.2) is 16.9 Å². The summed E-state index contributed by atoms with van der Waals surface area (Å²) in [6, 6.07) is 8.82. The monoisotopic (exact) mass is 284 g/mol. The molecule has 2 N–H and O–H groups in total. The number of amides is 1. The lowest BCUT2D eigenvalue weighted by Gasteiger charge is -2.29. The first-order valence-corrected chi connectivity index (χ1v) is 8.08. The van der Waals surface area contributed by atoms with E-state index in [1.807, 2.05) is 6.20 Å². The van der Waals surface area contributed by atoms with E-state index in [1.54, 1.807) is 0 Å². The van der Waals surface area contributed by atoms with E-state index in [-0.39, 0.29) is 5.91 Å². The summed E-state index contributed by atoms with van der Waals surface area (Å²) in [6.45, 7) is 2.25. The summed E-state index contributed by atoms with van der Waals surface area (Å²) in [6.07, 6.45) is 8.29. The van der Waals surface area contributed by atoms with Crippen LogP contribution in [0.5, 0.6) is 0 Å². The number of nitrogens with one attached hydrogen (secondary N) is 2. The molecule has 0 spiro atoms. The summed E-state index contributed by atoms with van der Waals surface area (Å²) >= 11 is 0. The second-order valence-corrected chi connectivity index (χ2v) is 6.34. The lowest BCUT2D eigenvalue weighted by molar-refractivity contribution is -0.122. The topological polar surface area (TPSA) is 44.9 Å². The fourth-order valence-electron chi connectivity index (χ4n) is 3.33. The van der Waals surface area contributed by atoms with Crippen LogP contribution in [0.25, 0.3) is 10.9 Å². The van der Waals surface area contributed by atoms with E-state index in [0.29, 0.717) is 18.4 Å².